The van der Waals surface area contributed by atoms with Crippen LogP contribution >= 0.6 is 0 Å². The Kier molecular flexibility index (Phi) is 8.16. The lowest BCUT2D eigenvalue weighted by Gasteiger charge is -2.20. The van der Waals surface area contributed by atoms with Crippen molar-refractivity contribution in [3.63, 3.8) is 0 Å². The average molecular weight is 410 g/mol. The first-order valence-electron chi connectivity index (χ1n) is 10.2. The molecule has 2 rings (SSSR count). The van der Waals surface area contributed by atoms with E-state index in [0.29, 0.717) is 12.0 Å². The van der Waals surface area contributed by atoms with Gasteiger partial charge < -0.3 is 16.0 Å². The molecule has 160 valence electrons. The third-order valence-corrected chi connectivity index (χ3v) is 5.02. The van der Waals surface area contributed by atoms with Crippen LogP contribution in [0.1, 0.15) is 47.3 Å². The number of nitrogens with one attached hydrogen (secondary N) is 3. The van der Waals surface area contributed by atoms with Crippen LogP contribution in [0.2, 0.25) is 0 Å². The fourth-order valence-electron chi connectivity index (χ4n) is 3.14. The molecule has 0 saturated heterocycles. The SMILES string of the molecule is Cc1ccccc1C(=O)NC(CC(C)C)C(=O)NCC(=O)Nc1cccc(C)c1C. The van der Waals surface area contributed by atoms with Gasteiger partial charge in [0.25, 0.3) is 5.91 Å². The number of benzene rings is 2. The van der Waals surface area contributed by atoms with E-state index in [4.69, 9.17) is 0 Å². The van der Waals surface area contributed by atoms with Gasteiger partial charge in [-0.15, -0.1) is 0 Å². The number of rotatable bonds is 8. The Morgan fingerprint density at radius 1 is 0.900 bits per heavy atom. The minimum absolute atomic E-state index is 0.166. The van der Waals surface area contributed by atoms with Crippen LogP contribution < -0.4 is 16.0 Å². The summed E-state index contributed by atoms with van der Waals surface area (Å²) in [6.07, 6.45) is 0.474. The number of hydrogen-bond acceptors (Lipinski definition) is 3. The Bertz CT molecular complexity index is 922. The summed E-state index contributed by atoms with van der Waals surface area (Å²) in [5, 5.41) is 8.28. The van der Waals surface area contributed by atoms with Gasteiger partial charge in [0.2, 0.25) is 11.8 Å². The molecule has 3 amide bonds. The standard InChI is InChI=1S/C24H31N3O3/c1-15(2)13-21(27-23(29)19-11-7-6-9-17(19)4)24(30)25-14-22(28)26-20-12-8-10-16(3)18(20)5/h6-12,15,21H,13-14H2,1-5H3,(H,25,30)(H,26,28)(H,27,29). The number of anilines is 1. The molecule has 6 heteroatoms. The molecule has 0 bridgehead atoms. The van der Waals surface area contributed by atoms with Crippen molar-refractivity contribution in [2.75, 3.05) is 11.9 Å². The molecule has 0 aromatic heterocycles. The van der Waals surface area contributed by atoms with Crippen LogP contribution in [-0.4, -0.2) is 30.3 Å². The summed E-state index contributed by atoms with van der Waals surface area (Å²) in [5.41, 5.74) is 4.16. The summed E-state index contributed by atoms with van der Waals surface area (Å²) in [6, 6.07) is 12.2. The van der Waals surface area contributed by atoms with Gasteiger partial charge in [-0.2, -0.15) is 0 Å². The van der Waals surface area contributed by atoms with Crippen LogP contribution in [0.25, 0.3) is 0 Å². The second kappa shape index (κ2) is 10.6. The van der Waals surface area contributed by atoms with Gasteiger partial charge >= 0.3 is 0 Å². The second-order valence-corrected chi connectivity index (χ2v) is 7.98. The van der Waals surface area contributed by atoms with Gasteiger partial charge in [-0.1, -0.05) is 44.2 Å². The smallest absolute Gasteiger partial charge is 0.252 e. The van der Waals surface area contributed by atoms with E-state index in [1.807, 2.05) is 65.0 Å². The molecule has 1 atom stereocenters. The molecule has 0 fully saturated rings. The van der Waals surface area contributed by atoms with Crippen molar-refractivity contribution in [1.29, 1.82) is 0 Å². The maximum Gasteiger partial charge on any atom is 0.252 e. The number of aryl methyl sites for hydroxylation is 2. The molecule has 0 heterocycles. The van der Waals surface area contributed by atoms with Crippen LogP contribution in [-0.2, 0) is 9.59 Å². The maximum atomic E-state index is 12.7. The van der Waals surface area contributed by atoms with E-state index in [1.54, 1.807) is 12.1 Å². The second-order valence-electron chi connectivity index (χ2n) is 7.98. The van der Waals surface area contributed by atoms with E-state index in [-0.39, 0.29) is 30.2 Å². The topological polar surface area (TPSA) is 87.3 Å². The molecule has 0 spiro atoms. The van der Waals surface area contributed by atoms with Crippen LogP contribution in [0.3, 0.4) is 0 Å². The zero-order chi connectivity index (χ0) is 22.3. The predicted octanol–water partition coefficient (Wildman–Crippen LogP) is 3.51. The molecular weight excluding hydrogens is 378 g/mol. The quantitative estimate of drug-likeness (QED) is 0.623. The van der Waals surface area contributed by atoms with Crippen molar-refractivity contribution in [1.82, 2.24) is 10.6 Å². The Morgan fingerprint density at radius 3 is 2.23 bits per heavy atom. The van der Waals surface area contributed by atoms with Gasteiger partial charge in [-0.05, 0) is 61.9 Å². The van der Waals surface area contributed by atoms with E-state index < -0.39 is 6.04 Å². The van der Waals surface area contributed by atoms with E-state index in [2.05, 4.69) is 16.0 Å². The van der Waals surface area contributed by atoms with Crippen molar-refractivity contribution < 1.29 is 14.4 Å². The predicted molar refractivity (Wildman–Crippen MR) is 119 cm³/mol. The van der Waals surface area contributed by atoms with Crippen LogP contribution in [0, 0.1) is 26.7 Å². The van der Waals surface area contributed by atoms with Gasteiger partial charge in [-0.25, -0.2) is 0 Å². The minimum atomic E-state index is -0.717. The Balaban J connectivity index is 1.99. The molecule has 2 aromatic rings. The van der Waals surface area contributed by atoms with Gasteiger partial charge in [0, 0.05) is 11.3 Å². The molecule has 0 aliphatic rings. The van der Waals surface area contributed by atoms with Crippen molar-refractivity contribution in [3.05, 3.63) is 64.7 Å². The monoisotopic (exact) mass is 409 g/mol. The summed E-state index contributed by atoms with van der Waals surface area (Å²) in [5.74, 6) is -0.789. The highest BCUT2D eigenvalue weighted by molar-refractivity contribution is 6.00. The van der Waals surface area contributed by atoms with E-state index in [9.17, 15) is 14.4 Å². The normalized spacial score (nSPS) is 11.7. The van der Waals surface area contributed by atoms with Crippen molar-refractivity contribution >= 4 is 23.4 Å². The lowest BCUT2D eigenvalue weighted by atomic mass is 10.0. The molecule has 30 heavy (non-hydrogen) atoms. The first-order chi connectivity index (χ1) is 14.2. The highest BCUT2D eigenvalue weighted by atomic mass is 16.2. The summed E-state index contributed by atoms with van der Waals surface area (Å²) in [7, 11) is 0. The molecule has 6 nitrogen and oxygen atoms in total. The van der Waals surface area contributed by atoms with Crippen molar-refractivity contribution in [3.8, 4) is 0 Å². The third kappa shape index (κ3) is 6.44. The largest absolute Gasteiger partial charge is 0.345 e. The maximum absolute atomic E-state index is 12.7. The minimum Gasteiger partial charge on any atom is -0.345 e. The molecule has 1 unspecified atom stereocenters. The average Bonchev–Trinajstić information content (AvgIpc) is 2.69. The Morgan fingerprint density at radius 2 is 1.57 bits per heavy atom. The van der Waals surface area contributed by atoms with Gasteiger partial charge in [0.1, 0.15) is 6.04 Å². The summed E-state index contributed by atoms with van der Waals surface area (Å²) >= 11 is 0. The molecule has 2 aromatic carbocycles. The molecule has 0 aliphatic heterocycles. The molecular formula is C24H31N3O3. The first-order valence-corrected chi connectivity index (χ1v) is 10.2. The molecule has 3 N–H and O–H groups in total. The lowest BCUT2D eigenvalue weighted by molar-refractivity contribution is -0.125. The Labute approximate surface area is 178 Å². The highest BCUT2D eigenvalue weighted by Crippen LogP contribution is 2.17. The highest BCUT2D eigenvalue weighted by Gasteiger charge is 2.23. The number of hydrogen-bond donors (Lipinski definition) is 3. The summed E-state index contributed by atoms with van der Waals surface area (Å²) in [6.45, 7) is 9.55. The van der Waals surface area contributed by atoms with Crippen molar-refractivity contribution in [2.45, 2.75) is 47.1 Å². The summed E-state index contributed by atoms with van der Waals surface area (Å²) in [4.78, 5) is 37.6. The zero-order valence-corrected chi connectivity index (χ0v) is 18.3. The van der Waals surface area contributed by atoms with Crippen LogP contribution in [0.15, 0.2) is 42.5 Å². The number of carbonyl (C=O) groups excluding carboxylic acids is 3. The van der Waals surface area contributed by atoms with Crippen LogP contribution in [0.4, 0.5) is 5.69 Å². The number of carbonyl (C=O) groups is 3. The fourth-order valence-corrected chi connectivity index (χ4v) is 3.14. The molecule has 0 saturated carbocycles. The van der Waals surface area contributed by atoms with Gasteiger partial charge in [0.15, 0.2) is 0 Å². The fraction of sp³-hybridized carbons (Fsp3) is 0.375. The van der Waals surface area contributed by atoms with Gasteiger partial charge in [-0.3, -0.25) is 14.4 Å². The summed E-state index contributed by atoms with van der Waals surface area (Å²) < 4.78 is 0. The van der Waals surface area contributed by atoms with Crippen LogP contribution in [0.5, 0.6) is 0 Å². The Hall–Kier alpha value is -3.15. The van der Waals surface area contributed by atoms with Crippen molar-refractivity contribution in [2.24, 2.45) is 5.92 Å². The van der Waals surface area contributed by atoms with E-state index in [0.717, 1.165) is 22.4 Å². The molecule has 0 radical (unpaired) electrons. The number of amides is 3. The zero-order valence-electron chi connectivity index (χ0n) is 18.3. The third-order valence-electron chi connectivity index (χ3n) is 5.02. The van der Waals surface area contributed by atoms with E-state index in [1.165, 1.54) is 0 Å². The molecule has 0 aliphatic carbocycles. The van der Waals surface area contributed by atoms with Gasteiger partial charge in [0.05, 0.1) is 6.54 Å². The lowest BCUT2D eigenvalue weighted by Crippen LogP contribution is -2.49. The van der Waals surface area contributed by atoms with E-state index >= 15 is 0 Å². The first kappa shape index (κ1) is 23.1.